The highest BCUT2D eigenvalue weighted by Crippen LogP contribution is 2.26. The quantitative estimate of drug-likeness (QED) is 0.823. The second-order valence-electron chi connectivity index (χ2n) is 4.03. The molecule has 0 aliphatic carbocycles. The number of nitrogen functional groups attached to an aromatic ring is 1. The molecule has 1 atom stereocenters. The molecular formula is C12H15ClN2O3. The van der Waals surface area contributed by atoms with Crippen molar-refractivity contribution in [2.75, 3.05) is 37.5 Å². The maximum Gasteiger partial charge on any atom is 0.258 e. The Labute approximate surface area is 110 Å². The van der Waals surface area contributed by atoms with Gasteiger partial charge in [-0.15, -0.1) is 0 Å². The molecule has 1 aromatic rings. The molecule has 98 valence electrons. The molecule has 5 nitrogen and oxygen atoms in total. The van der Waals surface area contributed by atoms with E-state index in [1.165, 1.54) is 4.90 Å². The first-order valence-electron chi connectivity index (χ1n) is 5.61. The summed E-state index contributed by atoms with van der Waals surface area (Å²) in [5, 5.41) is 0.527. The molecule has 1 saturated heterocycles. The van der Waals surface area contributed by atoms with Gasteiger partial charge in [0.15, 0.2) is 6.10 Å². The van der Waals surface area contributed by atoms with E-state index in [-0.39, 0.29) is 12.5 Å². The lowest BCUT2D eigenvalue weighted by atomic mass is 10.2. The van der Waals surface area contributed by atoms with Gasteiger partial charge in [0.05, 0.1) is 31.2 Å². The Balaban J connectivity index is 2.16. The summed E-state index contributed by atoms with van der Waals surface area (Å²) in [6.45, 7) is 1.21. The Morgan fingerprint density at radius 2 is 2.28 bits per heavy atom. The van der Waals surface area contributed by atoms with Gasteiger partial charge in [-0.25, -0.2) is 0 Å². The molecule has 0 saturated carbocycles. The largest absolute Gasteiger partial charge is 0.397 e. The van der Waals surface area contributed by atoms with Crippen molar-refractivity contribution in [3.63, 3.8) is 0 Å². The SMILES string of the molecule is CN(C(=O)C1COCCO1)c1cc(Cl)ccc1N. The molecule has 18 heavy (non-hydrogen) atoms. The number of benzene rings is 1. The first-order valence-corrected chi connectivity index (χ1v) is 5.99. The zero-order chi connectivity index (χ0) is 13.1. The number of halogens is 1. The lowest BCUT2D eigenvalue weighted by Gasteiger charge is -2.27. The van der Waals surface area contributed by atoms with E-state index in [4.69, 9.17) is 26.8 Å². The van der Waals surface area contributed by atoms with Gasteiger partial charge >= 0.3 is 0 Å². The average Bonchev–Trinajstić information content (AvgIpc) is 2.41. The van der Waals surface area contributed by atoms with Crippen LogP contribution in [0.4, 0.5) is 11.4 Å². The van der Waals surface area contributed by atoms with E-state index < -0.39 is 6.10 Å². The summed E-state index contributed by atoms with van der Waals surface area (Å²) in [7, 11) is 1.64. The van der Waals surface area contributed by atoms with Crippen LogP contribution >= 0.6 is 11.6 Å². The van der Waals surface area contributed by atoms with Crippen LogP contribution in [-0.4, -0.2) is 38.9 Å². The lowest BCUT2D eigenvalue weighted by Crippen LogP contribution is -2.44. The highest BCUT2D eigenvalue weighted by molar-refractivity contribution is 6.31. The summed E-state index contributed by atoms with van der Waals surface area (Å²) in [5.74, 6) is -0.191. The molecule has 1 heterocycles. The minimum atomic E-state index is -0.581. The fraction of sp³-hybridized carbons (Fsp3) is 0.417. The van der Waals surface area contributed by atoms with Crippen molar-refractivity contribution in [2.45, 2.75) is 6.10 Å². The predicted octanol–water partition coefficient (Wildman–Crippen LogP) is 1.30. The number of carbonyl (C=O) groups excluding carboxylic acids is 1. The zero-order valence-corrected chi connectivity index (χ0v) is 10.8. The molecule has 1 amide bonds. The molecule has 1 aliphatic rings. The van der Waals surface area contributed by atoms with Gasteiger partial charge in [0.1, 0.15) is 0 Å². The van der Waals surface area contributed by atoms with Crippen molar-refractivity contribution in [1.29, 1.82) is 0 Å². The van der Waals surface area contributed by atoms with Crippen LogP contribution in [0.1, 0.15) is 0 Å². The summed E-state index contributed by atoms with van der Waals surface area (Å²) in [5.41, 5.74) is 6.90. The van der Waals surface area contributed by atoms with Crippen LogP contribution in [-0.2, 0) is 14.3 Å². The van der Waals surface area contributed by atoms with Gasteiger partial charge in [-0.3, -0.25) is 4.79 Å². The number of nitrogens with zero attached hydrogens (tertiary/aromatic N) is 1. The van der Waals surface area contributed by atoms with Crippen LogP contribution in [0.25, 0.3) is 0 Å². The highest BCUT2D eigenvalue weighted by Gasteiger charge is 2.27. The van der Waals surface area contributed by atoms with Gasteiger partial charge in [-0.05, 0) is 18.2 Å². The maximum absolute atomic E-state index is 12.2. The molecule has 0 spiro atoms. The molecule has 0 aromatic heterocycles. The fourth-order valence-electron chi connectivity index (χ4n) is 1.77. The first kappa shape index (κ1) is 13.1. The van der Waals surface area contributed by atoms with E-state index in [0.29, 0.717) is 29.6 Å². The maximum atomic E-state index is 12.2. The standard InChI is InChI=1S/C12H15ClN2O3/c1-15(10-6-8(13)2-3-9(10)14)12(16)11-7-17-4-5-18-11/h2-3,6,11H,4-5,7,14H2,1H3. The Morgan fingerprint density at radius 3 is 2.94 bits per heavy atom. The topological polar surface area (TPSA) is 64.8 Å². The molecule has 1 fully saturated rings. The predicted molar refractivity (Wildman–Crippen MR) is 69.8 cm³/mol. The zero-order valence-electron chi connectivity index (χ0n) is 10.1. The van der Waals surface area contributed by atoms with Gasteiger partial charge in [0, 0.05) is 12.1 Å². The first-order chi connectivity index (χ1) is 8.59. The number of hydrogen-bond donors (Lipinski definition) is 1. The van der Waals surface area contributed by atoms with Crippen molar-refractivity contribution in [2.24, 2.45) is 0 Å². The van der Waals surface area contributed by atoms with E-state index in [2.05, 4.69) is 0 Å². The minimum absolute atomic E-state index is 0.191. The number of likely N-dealkylation sites (N-methyl/N-ethyl adjacent to an activating group) is 1. The normalized spacial score (nSPS) is 19.6. The third-order valence-corrected chi connectivity index (χ3v) is 3.01. The summed E-state index contributed by atoms with van der Waals surface area (Å²) >= 11 is 5.90. The van der Waals surface area contributed by atoms with Crippen LogP contribution in [0.5, 0.6) is 0 Å². The monoisotopic (exact) mass is 270 g/mol. The van der Waals surface area contributed by atoms with E-state index in [1.807, 2.05) is 0 Å². The van der Waals surface area contributed by atoms with Crippen LogP contribution in [0.2, 0.25) is 5.02 Å². The fourth-order valence-corrected chi connectivity index (χ4v) is 1.94. The third-order valence-electron chi connectivity index (χ3n) is 2.78. The average molecular weight is 271 g/mol. The number of rotatable bonds is 2. The second-order valence-corrected chi connectivity index (χ2v) is 4.47. The lowest BCUT2D eigenvalue weighted by molar-refractivity contribution is -0.144. The Kier molecular flexibility index (Phi) is 4.06. The molecule has 1 aliphatic heterocycles. The van der Waals surface area contributed by atoms with E-state index in [9.17, 15) is 4.79 Å². The van der Waals surface area contributed by atoms with Gasteiger partial charge in [-0.1, -0.05) is 11.6 Å². The van der Waals surface area contributed by atoms with Crippen molar-refractivity contribution in [1.82, 2.24) is 0 Å². The smallest absolute Gasteiger partial charge is 0.258 e. The van der Waals surface area contributed by atoms with E-state index in [0.717, 1.165) is 0 Å². The Hall–Kier alpha value is -1.30. The molecule has 6 heteroatoms. The molecule has 0 radical (unpaired) electrons. The van der Waals surface area contributed by atoms with Crippen molar-refractivity contribution in [3.05, 3.63) is 23.2 Å². The van der Waals surface area contributed by atoms with Crippen LogP contribution in [0, 0.1) is 0 Å². The van der Waals surface area contributed by atoms with Gasteiger partial charge in [0.2, 0.25) is 0 Å². The summed E-state index contributed by atoms with van der Waals surface area (Å²) in [6, 6.07) is 5.00. The number of anilines is 2. The Morgan fingerprint density at radius 1 is 1.50 bits per heavy atom. The Bertz CT molecular complexity index is 447. The van der Waals surface area contributed by atoms with Crippen LogP contribution in [0.3, 0.4) is 0 Å². The van der Waals surface area contributed by atoms with Crippen molar-refractivity contribution >= 4 is 28.9 Å². The van der Waals surface area contributed by atoms with E-state index >= 15 is 0 Å². The van der Waals surface area contributed by atoms with Crippen LogP contribution in [0.15, 0.2) is 18.2 Å². The molecule has 1 aromatic carbocycles. The number of nitrogens with two attached hydrogens (primary N) is 1. The second kappa shape index (κ2) is 5.56. The molecular weight excluding hydrogens is 256 g/mol. The number of hydrogen-bond acceptors (Lipinski definition) is 4. The minimum Gasteiger partial charge on any atom is -0.397 e. The number of ether oxygens (including phenoxy) is 2. The van der Waals surface area contributed by atoms with Gasteiger partial charge < -0.3 is 20.1 Å². The van der Waals surface area contributed by atoms with Crippen LogP contribution < -0.4 is 10.6 Å². The molecule has 2 rings (SSSR count). The summed E-state index contributed by atoms with van der Waals surface area (Å²) < 4.78 is 10.6. The van der Waals surface area contributed by atoms with E-state index in [1.54, 1.807) is 25.2 Å². The highest BCUT2D eigenvalue weighted by atomic mass is 35.5. The third kappa shape index (κ3) is 2.75. The molecule has 0 bridgehead atoms. The van der Waals surface area contributed by atoms with Crippen molar-refractivity contribution in [3.8, 4) is 0 Å². The van der Waals surface area contributed by atoms with Gasteiger partial charge in [0.25, 0.3) is 5.91 Å². The summed E-state index contributed by atoms with van der Waals surface area (Å²) in [4.78, 5) is 13.6. The van der Waals surface area contributed by atoms with Gasteiger partial charge in [-0.2, -0.15) is 0 Å². The van der Waals surface area contributed by atoms with Crippen molar-refractivity contribution < 1.29 is 14.3 Å². The number of amides is 1. The summed E-state index contributed by atoms with van der Waals surface area (Å²) in [6.07, 6.45) is -0.581. The number of carbonyl (C=O) groups is 1. The molecule has 2 N–H and O–H groups in total. The molecule has 1 unspecified atom stereocenters.